The van der Waals surface area contributed by atoms with Gasteiger partial charge in [-0.3, -0.25) is 4.79 Å². The highest BCUT2D eigenvalue weighted by molar-refractivity contribution is 6.02. The van der Waals surface area contributed by atoms with Crippen molar-refractivity contribution in [1.82, 2.24) is 9.97 Å². The summed E-state index contributed by atoms with van der Waals surface area (Å²) in [6.07, 6.45) is 3.21. The summed E-state index contributed by atoms with van der Waals surface area (Å²) < 4.78 is 10.8. The third-order valence-electron chi connectivity index (χ3n) is 3.82. The van der Waals surface area contributed by atoms with Gasteiger partial charge in [0.2, 0.25) is 5.91 Å². The number of anilines is 1. The lowest BCUT2D eigenvalue weighted by molar-refractivity contribution is -0.111. The average molecular weight is 375 g/mol. The molecule has 2 aromatic carbocycles. The summed E-state index contributed by atoms with van der Waals surface area (Å²) in [6, 6.07) is 16.7. The maximum Gasteiger partial charge on any atom is 0.322 e. The van der Waals surface area contributed by atoms with Crippen LogP contribution in [-0.4, -0.2) is 23.0 Å². The molecule has 1 amide bonds. The van der Waals surface area contributed by atoms with Gasteiger partial charge in [0, 0.05) is 29.2 Å². The quantitative estimate of drug-likeness (QED) is 0.640. The van der Waals surface area contributed by atoms with E-state index in [4.69, 9.17) is 9.47 Å². The number of hydrogen-bond acceptors (Lipinski definition) is 5. The van der Waals surface area contributed by atoms with Gasteiger partial charge in [0.15, 0.2) is 0 Å². The van der Waals surface area contributed by atoms with Gasteiger partial charge in [0.1, 0.15) is 11.5 Å². The number of nitrogens with one attached hydrogen (secondary N) is 1. The van der Waals surface area contributed by atoms with Crippen molar-refractivity contribution >= 4 is 17.7 Å². The molecule has 28 heavy (non-hydrogen) atoms. The number of rotatable bonds is 6. The van der Waals surface area contributed by atoms with Crippen molar-refractivity contribution in [2.75, 3.05) is 12.4 Å². The van der Waals surface area contributed by atoms with Crippen molar-refractivity contribution in [3.05, 3.63) is 77.6 Å². The summed E-state index contributed by atoms with van der Waals surface area (Å²) in [5, 5.41) is 2.81. The average Bonchev–Trinajstić information content (AvgIpc) is 2.66. The van der Waals surface area contributed by atoms with E-state index in [1.165, 1.54) is 6.08 Å². The summed E-state index contributed by atoms with van der Waals surface area (Å²) in [7, 11) is 1.61. The monoisotopic (exact) mass is 375 g/mol. The first-order valence-corrected chi connectivity index (χ1v) is 8.75. The minimum absolute atomic E-state index is 0.240. The Balaban J connectivity index is 1.64. The molecule has 0 fully saturated rings. The molecule has 1 heterocycles. The van der Waals surface area contributed by atoms with E-state index >= 15 is 0 Å². The molecule has 1 aromatic heterocycles. The molecule has 0 aliphatic heterocycles. The van der Waals surface area contributed by atoms with Gasteiger partial charge in [0.05, 0.1) is 7.11 Å². The third-order valence-corrected chi connectivity index (χ3v) is 3.82. The Hall–Kier alpha value is -3.67. The molecule has 0 saturated heterocycles. The van der Waals surface area contributed by atoms with Crippen molar-refractivity contribution in [2.24, 2.45) is 0 Å². The van der Waals surface area contributed by atoms with E-state index in [0.717, 1.165) is 22.7 Å². The van der Waals surface area contributed by atoms with E-state index in [1.807, 2.05) is 44.2 Å². The van der Waals surface area contributed by atoms with Crippen LogP contribution in [0.2, 0.25) is 0 Å². The van der Waals surface area contributed by atoms with Gasteiger partial charge in [-0.25, -0.2) is 9.97 Å². The van der Waals surface area contributed by atoms with Crippen LogP contribution < -0.4 is 14.8 Å². The Bertz CT molecular complexity index is 978. The van der Waals surface area contributed by atoms with Crippen LogP contribution in [0.5, 0.6) is 17.5 Å². The molecule has 0 saturated carbocycles. The lowest BCUT2D eigenvalue weighted by Gasteiger charge is -2.08. The minimum Gasteiger partial charge on any atom is -0.497 e. The molecule has 0 spiro atoms. The number of ether oxygens (including phenoxy) is 2. The number of carbonyl (C=O) groups is 1. The van der Waals surface area contributed by atoms with Crippen LogP contribution >= 0.6 is 0 Å². The molecule has 6 nitrogen and oxygen atoms in total. The first-order chi connectivity index (χ1) is 13.5. The lowest BCUT2D eigenvalue weighted by atomic mass is 10.2. The number of methoxy groups -OCH3 is 1. The Morgan fingerprint density at radius 3 is 2.36 bits per heavy atom. The summed E-state index contributed by atoms with van der Waals surface area (Å²) in [5.74, 6) is 1.07. The predicted molar refractivity (Wildman–Crippen MR) is 109 cm³/mol. The minimum atomic E-state index is -0.240. The summed E-state index contributed by atoms with van der Waals surface area (Å²) in [5.41, 5.74) is 3.18. The second kappa shape index (κ2) is 8.81. The van der Waals surface area contributed by atoms with Gasteiger partial charge >= 0.3 is 6.01 Å². The topological polar surface area (TPSA) is 73.3 Å². The van der Waals surface area contributed by atoms with Crippen LogP contribution in [-0.2, 0) is 4.79 Å². The van der Waals surface area contributed by atoms with E-state index in [2.05, 4.69) is 15.3 Å². The van der Waals surface area contributed by atoms with Crippen LogP contribution in [0.25, 0.3) is 6.08 Å². The zero-order valence-electron chi connectivity index (χ0n) is 16.0. The number of nitrogens with zero attached hydrogens (tertiary/aromatic N) is 2. The SMILES string of the molecule is COc1ccc(/C=C/C(=O)Nc2cccc(Oc3nc(C)cc(C)n3)c2)cc1. The molecule has 0 bridgehead atoms. The number of amides is 1. The van der Waals surface area contributed by atoms with Crippen LogP contribution in [0, 0.1) is 13.8 Å². The van der Waals surface area contributed by atoms with Crippen LogP contribution in [0.4, 0.5) is 5.69 Å². The molecule has 3 rings (SSSR count). The zero-order valence-corrected chi connectivity index (χ0v) is 16.0. The number of benzene rings is 2. The predicted octanol–water partition coefficient (Wildman–Crippen LogP) is 4.55. The standard InChI is InChI=1S/C22H21N3O3/c1-15-13-16(2)24-22(23-15)28-20-6-4-5-18(14-20)25-21(26)12-9-17-7-10-19(27-3)11-8-17/h4-14H,1-3H3,(H,25,26)/b12-9+. The summed E-state index contributed by atoms with van der Waals surface area (Å²) in [4.78, 5) is 20.7. The molecule has 0 unspecified atom stereocenters. The highest BCUT2D eigenvalue weighted by Crippen LogP contribution is 2.22. The molecule has 142 valence electrons. The fourth-order valence-corrected chi connectivity index (χ4v) is 2.55. The van der Waals surface area contributed by atoms with Crippen molar-refractivity contribution in [2.45, 2.75) is 13.8 Å². The van der Waals surface area contributed by atoms with Crippen LogP contribution in [0.1, 0.15) is 17.0 Å². The maximum absolute atomic E-state index is 12.2. The van der Waals surface area contributed by atoms with Gasteiger partial charge in [-0.05, 0) is 55.8 Å². The van der Waals surface area contributed by atoms with E-state index in [-0.39, 0.29) is 11.9 Å². The van der Waals surface area contributed by atoms with Gasteiger partial charge in [-0.15, -0.1) is 0 Å². The largest absolute Gasteiger partial charge is 0.497 e. The highest BCUT2D eigenvalue weighted by atomic mass is 16.5. The molecule has 3 aromatic rings. The fourth-order valence-electron chi connectivity index (χ4n) is 2.55. The molecule has 6 heteroatoms. The molecular formula is C22H21N3O3. The van der Waals surface area contributed by atoms with E-state index in [1.54, 1.807) is 37.5 Å². The normalized spacial score (nSPS) is 10.7. The summed E-state index contributed by atoms with van der Waals surface area (Å²) >= 11 is 0. The molecule has 0 aliphatic carbocycles. The van der Waals surface area contributed by atoms with E-state index in [9.17, 15) is 4.79 Å². The zero-order chi connectivity index (χ0) is 19.9. The van der Waals surface area contributed by atoms with Crippen molar-refractivity contribution < 1.29 is 14.3 Å². The molecule has 0 aliphatic rings. The summed E-state index contributed by atoms with van der Waals surface area (Å²) in [6.45, 7) is 3.76. The second-order valence-electron chi connectivity index (χ2n) is 6.16. The Labute approximate surface area is 163 Å². The molecule has 1 N–H and O–H groups in total. The van der Waals surface area contributed by atoms with Crippen molar-refractivity contribution in [3.63, 3.8) is 0 Å². The Morgan fingerprint density at radius 1 is 0.964 bits per heavy atom. The first kappa shape index (κ1) is 19.1. The van der Waals surface area contributed by atoms with Gasteiger partial charge < -0.3 is 14.8 Å². The van der Waals surface area contributed by atoms with Crippen LogP contribution in [0.3, 0.4) is 0 Å². The van der Waals surface area contributed by atoms with Crippen molar-refractivity contribution in [1.29, 1.82) is 0 Å². The number of aryl methyl sites for hydroxylation is 2. The second-order valence-corrected chi connectivity index (χ2v) is 6.16. The first-order valence-electron chi connectivity index (χ1n) is 8.75. The number of carbonyl (C=O) groups excluding carboxylic acids is 1. The van der Waals surface area contributed by atoms with Gasteiger partial charge in [-0.1, -0.05) is 18.2 Å². The van der Waals surface area contributed by atoms with E-state index < -0.39 is 0 Å². The molecule has 0 radical (unpaired) electrons. The lowest BCUT2D eigenvalue weighted by Crippen LogP contribution is -2.07. The van der Waals surface area contributed by atoms with Crippen LogP contribution in [0.15, 0.2) is 60.7 Å². The number of hydrogen-bond donors (Lipinski definition) is 1. The number of aromatic nitrogens is 2. The smallest absolute Gasteiger partial charge is 0.322 e. The van der Waals surface area contributed by atoms with Gasteiger partial charge in [-0.2, -0.15) is 0 Å². The molecular weight excluding hydrogens is 354 g/mol. The third kappa shape index (κ3) is 5.41. The Kier molecular flexibility index (Phi) is 6.01. The van der Waals surface area contributed by atoms with E-state index in [0.29, 0.717) is 11.4 Å². The fraction of sp³-hybridized carbons (Fsp3) is 0.136. The van der Waals surface area contributed by atoms with Gasteiger partial charge in [0.25, 0.3) is 0 Å². The van der Waals surface area contributed by atoms with Crippen molar-refractivity contribution in [3.8, 4) is 17.5 Å². The molecule has 0 atom stereocenters. The maximum atomic E-state index is 12.2. The Morgan fingerprint density at radius 2 is 1.68 bits per heavy atom. The highest BCUT2D eigenvalue weighted by Gasteiger charge is 2.05.